The van der Waals surface area contributed by atoms with Gasteiger partial charge in [-0.1, -0.05) is 24.3 Å². The molecule has 0 bridgehead atoms. The summed E-state index contributed by atoms with van der Waals surface area (Å²) < 4.78 is 0. The lowest BCUT2D eigenvalue weighted by Gasteiger charge is -2.23. The molecule has 2 rings (SSSR count). The van der Waals surface area contributed by atoms with Crippen molar-refractivity contribution in [3.05, 3.63) is 35.4 Å². The molecule has 1 fully saturated rings. The van der Waals surface area contributed by atoms with Gasteiger partial charge in [0.1, 0.15) is 0 Å². The van der Waals surface area contributed by atoms with Gasteiger partial charge in [0, 0.05) is 6.54 Å². The van der Waals surface area contributed by atoms with Gasteiger partial charge < -0.3 is 10.6 Å². The lowest BCUT2D eigenvalue weighted by molar-refractivity contribution is 0.460. The quantitative estimate of drug-likeness (QED) is 0.887. The average Bonchev–Trinajstić information content (AvgIpc) is 2.32. The Morgan fingerprint density at radius 1 is 1.12 bits per heavy atom. The van der Waals surface area contributed by atoms with Crippen LogP contribution >= 0.6 is 24.8 Å². The summed E-state index contributed by atoms with van der Waals surface area (Å²) in [5, 5.41) is 6.58. The molecule has 1 heterocycles. The number of benzene rings is 1. The van der Waals surface area contributed by atoms with E-state index in [1.54, 1.807) is 0 Å². The average molecular weight is 277 g/mol. The third-order valence-corrected chi connectivity index (χ3v) is 3.17. The Hall–Kier alpha value is -0.280. The summed E-state index contributed by atoms with van der Waals surface area (Å²) in [4.78, 5) is 0. The zero-order valence-electron chi connectivity index (χ0n) is 10.2. The second kappa shape index (κ2) is 8.76. The molecule has 1 aromatic carbocycles. The fourth-order valence-electron chi connectivity index (χ4n) is 2.27. The van der Waals surface area contributed by atoms with Crippen LogP contribution in [0.2, 0.25) is 0 Å². The smallest absolute Gasteiger partial charge is 0.0202 e. The van der Waals surface area contributed by atoms with Crippen molar-refractivity contribution in [3.63, 3.8) is 0 Å². The second-order valence-electron chi connectivity index (χ2n) is 4.30. The molecule has 1 aromatic rings. The molecule has 0 aromatic heterocycles. The van der Waals surface area contributed by atoms with Crippen LogP contribution in [0.5, 0.6) is 0 Å². The Bertz CT molecular complexity index is 295. The van der Waals surface area contributed by atoms with Crippen molar-refractivity contribution in [2.75, 3.05) is 20.1 Å². The highest BCUT2D eigenvalue weighted by molar-refractivity contribution is 5.85. The van der Waals surface area contributed by atoms with Gasteiger partial charge in [0.15, 0.2) is 0 Å². The third kappa shape index (κ3) is 4.84. The molecule has 98 valence electrons. The third-order valence-electron chi connectivity index (χ3n) is 3.17. The maximum atomic E-state index is 3.41. The van der Waals surface area contributed by atoms with Gasteiger partial charge in [-0.15, -0.1) is 24.8 Å². The van der Waals surface area contributed by atoms with E-state index < -0.39 is 0 Å². The molecule has 0 saturated carbocycles. The minimum Gasteiger partial charge on any atom is -0.317 e. The number of rotatable bonds is 3. The Morgan fingerprint density at radius 2 is 1.71 bits per heavy atom. The van der Waals surface area contributed by atoms with E-state index in [1.807, 2.05) is 7.05 Å². The topological polar surface area (TPSA) is 24.1 Å². The number of halogens is 2. The molecule has 1 saturated heterocycles. The first kappa shape index (κ1) is 16.7. The first-order chi connectivity index (χ1) is 7.40. The van der Waals surface area contributed by atoms with Crippen LogP contribution in [-0.2, 0) is 6.54 Å². The van der Waals surface area contributed by atoms with Crippen molar-refractivity contribution in [3.8, 4) is 0 Å². The summed E-state index contributed by atoms with van der Waals surface area (Å²) in [6.45, 7) is 3.30. The zero-order valence-corrected chi connectivity index (χ0v) is 11.9. The standard InChI is InChI=1S/C13H20N2.2ClH/c1-14-10-11-2-4-12(5-3-11)13-6-8-15-9-7-13;;/h2-5,13-15H,6-10H2,1H3;2*1H. The molecule has 0 radical (unpaired) electrons. The predicted molar refractivity (Wildman–Crippen MR) is 78.5 cm³/mol. The molecule has 0 atom stereocenters. The molecule has 1 aliphatic heterocycles. The first-order valence-electron chi connectivity index (χ1n) is 5.84. The van der Waals surface area contributed by atoms with Crippen LogP contribution < -0.4 is 10.6 Å². The molecule has 2 nitrogen and oxygen atoms in total. The summed E-state index contributed by atoms with van der Waals surface area (Å²) in [5.41, 5.74) is 2.88. The van der Waals surface area contributed by atoms with E-state index in [9.17, 15) is 0 Å². The van der Waals surface area contributed by atoms with E-state index in [0.29, 0.717) is 0 Å². The van der Waals surface area contributed by atoms with Crippen LogP contribution in [0.15, 0.2) is 24.3 Å². The molecule has 4 heteroatoms. The molecule has 0 unspecified atom stereocenters. The predicted octanol–water partition coefficient (Wildman–Crippen LogP) is 2.72. The molecule has 17 heavy (non-hydrogen) atoms. The van der Waals surface area contributed by atoms with Crippen LogP contribution in [-0.4, -0.2) is 20.1 Å². The van der Waals surface area contributed by atoms with Gasteiger partial charge in [-0.25, -0.2) is 0 Å². The van der Waals surface area contributed by atoms with Gasteiger partial charge in [-0.2, -0.15) is 0 Å². The second-order valence-corrected chi connectivity index (χ2v) is 4.30. The van der Waals surface area contributed by atoms with Crippen LogP contribution in [0.3, 0.4) is 0 Å². The Labute approximate surface area is 116 Å². The monoisotopic (exact) mass is 276 g/mol. The normalized spacial score (nSPS) is 15.8. The fourth-order valence-corrected chi connectivity index (χ4v) is 2.27. The first-order valence-corrected chi connectivity index (χ1v) is 5.84. The molecule has 2 N–H and O–H groups in total. The van der Waals surface area contributed by atoms with Crippen LogP contribution in [0.1, 0.15) is 29.9 Å². The molecular weight excluding hydrogens is 255 g/mol. The molecule has 0 aliphatic carbocycles. The zero-order chi connectivity index (χ0) is 10.5. The van der Waals surface area contributed by atoms with Gasteiger partial charge in [0.05, 0.1) is 0 Å². The van der Waals surface area contributed by atoms with E-state index in [2.05, 4.69) is 34.9 Å². The Morgan fingerprint density at radius 3 is 2.24 bits per heavy atom. The van der Waals surface area contributed by atoms with Crippen LogP contribution in [0.4, 0.5) is 0 Å². The summed E-state index contributed by atoms with van der Waals surface area (Å²) in [7, 11) is 1.99. The van der Waals surface area contributed by atoms with Crippen molar-refractivity contribution in [1.82, 2.24) is 10.6 Å². The fraction of sp³-hybridized carbons (Fsp3) is 0.538. The SMILES string of the molecule is CNCc1ccc(C2CCNCC2)cc1.Cl.Cl. The van der Waals surface area contributed by atoms with E-state index >= 15 is 0 Å². The summed E-state index contributed by atoms with van der Waals surface area (Å²) in [5.74, 6) is 0.773. The summed E-state index contributed by atoms with van der Waals surface area (Å²) in [6.07, 6.45) is 2.57. The van der Waals surface area contributed by atoms with Gasteiger partial charge in [-0.3, -0.25) is 0 Å². The largest absolute Gasteiger partial charge is 0.317 e. The highest BCUT2D eigenvalue weighted by Gasteiger charge is 2.14. The molecule has 0 spiro atoms. The van der Waals surface area contributed by atoms with Crippen molar-refractivity contribution < 1.29 is 0 Å². The lowest BCUT2D eigenvalue weighted by atomic mass is 9.90. The highest BCUT2D eigenvalue weighted by atomic mass is 35.5. The van der Waals surface area contributed by atoms with E-state index in [1.165, 1.54) is 37.1 Å². The Balaban J connectivity index is 0.00000128. The van der Waals surface area contributed by atoms with Gasteiger partial charge in [0.2, 0.25) is 0 Å². The van der Waals surface area contributed by atoms with Gasteiger partial charge in [0.25, 0.3) is 0 Å². The van der Waals surface area contributed by atoms with Crippen LogP contribution in [0.25, 0.3) is 0 Å². The lowest BCUT2D eigenvalue weighted by Crippen LogP contribution is -2.26. The maximum absolute atomic E-state index is 3.41. The van der Waals surface area contributed by atoms with E-state index in [4.69, 9.17) is 0 Å². The van der Waals surface area contributed by atoms with Crippen molar-refractivity contribution in [2.45, 2.75) is 25.3 Å². The number of hydrogen-bond donors (Lipinski definition) is 2. The van der Waals surface area contributed by atoms with Crippen molar-refractivity contribution >= 4 is 24.8 Å². The minimum absolute atomic E-state index is 0. The summed E-state index contributed by atoms with van der Waals surface area (Å²) in [6, 6.07) is 9.08. The number of nitrogens with one attached hydrogen (secondary N) is 2. The molecule has 0 amide bonds. The van der Waals surface area contributed by atoms with Gasteiger partial charge in [-0.05, 0) is 50.0 Å². The molecule has 1 aliphatic rings. The van der Waals surface area contributed by atoms with E-state index in [-0.39, 0.29) is 24.8 Å². The van der Waals surface area contributed by atoms with Crippen molar-refractivity contribution in [1.29, 1.82) is 0 Å². The van der Waals surface area contributed by atoms with Crippen LogP contribution in [0, 0.1) is 0 Å². The van der Waals surface area contributed by atoms with E-state index in [0.717, 1.165) is 12.5 Å². The Kier molecular flexibility index (Phi) is 8.61. The maximum Gasteiger partial charge on any atom is 0.0202 e. The van der Waals surface area contributed by atoms with Crippen molar-refractivity contribution in [2.24, 2.45) is 0 Å². The van der Waals surface area contributed by atoms with Gasteiger partial charge >= 0.3 is 0 Å². The minimum atomic E-state index is 0. The molecular formula is C13H22Cl2N2. The highest BCUT2D eigenvalue weighted by Crippen LogP contribution is 2.25. The summed E-state index contributed by atoms with van der Waals surface area (Å²) >= 11 is 0. The number of piperidine rings is 1. The number of hydrogen-bond acceptors (Lipinski definition) is 2.